The van der Waals surface area contributed by atoms with Crippen LogP contribution in [-0.4, -0.2) is 11.0 Å². The molecule has 1 unspecified atom stereocenters. The summed E-state index contributed by atoms with van der Waals surface area (Å²) in [5.41, 5.74) is 4.93. The van der Waals surface area contributed by atoms with E-state index in [0.717, 1.165) is 5.56 Å². The summed E-state index contributed by atoms with van der Waals surface area (Å²) < 4.78 is 0. The monoisotopic (exact) mass is 255 g/mol. The molecule has 4 heteroatoms. The number of nitrogens with two attached hydrogens (primary N) is 1. The Balaban J connectivity index is 2.03. The molecule has 2 rings (SSSR count). The molecule has 1 atom stereocenters. The Kier molecular flexibility index (Phi) is 3.94. The van der Waals surface area contributed by atoms with E-state index in [1.165, 1.54) is 0 Å². The molecule has 4 nitrogen and oxygen atoms in total. The summed E-state index contributed by atoms with van der Waals surface area (Å²) in [7, 11) is 0. The third kappa shape index (κ3) is 3.19. The minimum atomic E-state index is -2.03. The van der Waals surface area contributed by atoms with Crippen molar-refractivity contribution in [3.63, 3.8) is 0 Å². The molecule has 0 aliphatic heterocycles. The van der Waals surface area contributed by atoms with E-state index in [0.29, 0.717) is 12.1 Å². The minimum Gasteiger partial charge on any atom is -0.364 e. The van der Waals surface area contributed by atoms with Gasteiger partial charge in [-0.25, -0.2) is 0 Å². The van der Waals surface area contributed by atoms with Gasteiger partial charge in [-0.1, -0.05) is 54.6 Å². The van der Waals surface area contributed by atoms with Gasteiger partial charge in [-0.05, 0) is 11.6 Å². The van der Waals surface area contributed by atoms with Gasteiger partial charge in [0.2, 0.25) is 5.72 Å². The summed E-state index contributed by atoms with van der Waals surface area (Å²) in [4.78, 5) is 11.9. The molecule has 97 valence electrons. The number of nitrogens with one attached hydrogen (secondary N) is 1. The zero-order valence-corrected chi connectivity index (χ0v) is 10.3. The summed E-state index contributed by atoms with van der Waals surface area (Å²) in [5.74, 6) is -0.633. The highest BCUT2D eigenvalue weighted by atomic mass is 16.3. The van der Waals surface area contributed by atoms with E-state index >= 15 is 0 Å². The van der Waals surface area contributed by atoms with Crippen LogP contribution in [0.1, 0.15) is 11.1 Å². The first-order valence-electron chi connectivity index (χ1n) is 5.91. The molecule has 2 aromatic carbocycles. The molecular weight excluding hydrogens is 240 g/mol. The van der Waals surface area contributed by atoms with Gasteiger partial charge in [-0.2, -0.15) is 0 Å². The maximum absolute atomic E-state index is 11.9. The van der Waals surface area contributed by atoms with Crippen molar-refractivity contribution in [3.8, 4) is 0 Å². The molecule has 2 aromatic rings. The highest BCUT2D eigenvalue weighted by molar-refractivity contribution is 5.85. The van der Waals surface area contributed by atoms with Gasteiger partial charge in [0.15, 0.2) is 0 Å². The zero-order valence-electron chi connectivity index (χ0n) is 10.3. The fourth-order valence-corrected chi connectivity index (χ4v) is 1.68. The normalized spacial score (nSPS) is 13.6. The Morgan fingerprint density at radius 3 is 2.47 bits per heavy atom. The number of hydrogen-bond acceptors (Lipinski definition) is 3. The maximum atomic E-state index is 11.9. The second kappa shape index (κ2) is 5.65. The van der Waals surface area contributed by atoms with E-state index < -0.39 is 11.6 Å². The van der Waals surface area contributed by atoms with Crippen molar-refractivity contribution in [2.24, 2.45) is 5.73 Å². The van der Waals surface area contributed by atoms with Crippen molar-refractivity contribution in [1.82, 2.24) is 5.32 Å². The van der Waals surface area contributed by atoms with Gasteiger partial charge in [-0.15, -0.1) is 0 Å². The Hall–Kier alpha value is -2.17. The Bertz CT molecular complexity index is 539. The molecule has 4 N–H and O–H groups in total. The minimum absolute atomic E-state index is 0.305. The van der Waals surface area contributed by atoms with Crippen LogP contribution in [0, 0.1) is 6.07 Å². The van der Waals surface area contributed by atoms with E-state index in [1.807, 2.05) is 12.1 Å². The number of carbonyl (C=O) groups is 1. The second-order valence-electron chi connectivity index (χ2n) is 4.22. The fourth-order valence-electron chi connectivity index (χ4n) is 1.68. The topological polar surface area (TPSA) is 75.3 Å². The molecule has 0 aliphatic rings. The van der Waals surface area contributed by atoms with Gasteiger partial charge in [0.1, 0.15) is 0 Å². The van der Waals surface area contributed by atoms with Crippen LogP contribution in [0.2, 0.25) is 0 Å². The van der Waals surface area contributed by atoms with E-state index in [4.69, 9.17) is 5.73 Å². The van der Waals surface area contributed by atoms with Crippen molar-refractivity contribution in [3.05, 3.63) is 71.8 Å². The molecule has 1 radical (unpaired) electrons. The van der Waals surface area contributed by atoms with Crippen LogP contribution in [0.5, 0.6) is 0 Å². The van der Waals surface area contributed by atoms with Gasteiger partial charge in [0.25, 0.3) is 5.91 Å². The largest absolute Gasteiger partial charge is 0.364 e. The standard InChI is InChI=1S/C15H15N2O2/c16-15(19,13-9-5-2-6-10-13)14(18)17-11-12-7-3-1-4-8-12/h2-10,19H,11,16H2,(H,17,18). The second-order valence-corrected chi connectivity index (χ2v) is 4.22. The van der Waals surface area contributed by atoms with E-state index in [1.54, 1.807) is 42.5 Å². The average molecular weight is 255 g/mol. The van der Waals surface area contributed by atoms with Gasteiger partial charge < -0.3 is 10.4 Å². The summed E-state index contributed by atoms with van der Waals surface area (Å²) >= 11 is 0. The molecule has 0 aliphatic carbocycles. The van der Waals surface area contributed by atoms with E-state index in [2.05, 4.69) is 11.4 Å². The highest BCUT2D eigenvalue weighted by Crippen LogP contribution is 2.14. The number of rotatable bonds is 4. The molecule has 0 spiro atoms. The summed E-state index contributed by atoms with van der Waals surface area (Å²) in [5, 5.41) is 12.7. The van der Waals surface area contributed by atoms with Gasteiger partial charge in [0.05, 0.1) is 0 Å². The summed E-state index contributed by atoms with van der Waals surface area (Å²) in [6, 6.07) is 18.5. The first-order valence-corrected chi connectivity index (χ1v) is 5.91. The van der Waals surface area contributed by atoms with Crippen molar-refractivity contribution >= 4 is 5.91 Å². The van der Waals surface area contributed by atoms with Crippen molar-refractivity contribution in [1.29, 1.82) is 0 Å². The van der Waals surface area contributed by atoms with Crippen molar-refractivity contribution in [2.45, 2.75) is 12.3 Å². The molecule has 1 amide bonds. The number of aliphatic hydroxyl groups is 1. The maximum Gasteiger partial charge on any atom is 0.272 e. The molecule has 19 heavy (non-hydrogen) atoms. The SMILES string of the molecule is NC(O)(C(=O)NCc1cc[c]cc1)c1ccccc1. The molecule has 0 aromatic heterocycles. The van der Waals surface area contributed by atoms with Crippen LogP contribution in [-0.2, 0) is 17.1 Å². The van der Waals surface area contributed by atoms with Crippen LogP contribution >= 0.6 is 0 Å². The first-order chi connectivity index (χ1) is 9.10. The smallest absolute Gasteiger partial charge is 0.272 e. The lowest BCUT2D eigenvalue weighted by Gasteiger charge is -2.22. The summed E-state index contributed by atoms with van der Waals surface area (Å²) in [6.45, 7) is 0.305. The molecule has 0 fully saturated rings. The predicted octanol–water partition coefficient (Wildman–Crippen LogP) is 0.907. The first kappa shape index (κ1) is 13.3. The number of hydrogen-bond donors (Lipinski definition) is 3. The predicted molar refractivity (Wildman–Crippen MR) is 71.7 cm³/mol. The molecule has 0 bridgehead atoms. The van der Waals surface area contributed by atoms with Crippen LogP contribution in [0.25, 0.3) is 0 Å². The number of amides is 1. The molecule has 0 heterocycles. The Morgan fingerprint density at radius 1 is 1.21 bits per heavy atom. The Morgan fingerprint density at radius 2 is 1.84 bits per heavy atom. The summed E-state index contributed by atoms with van der Waals surface area (Å²) in [6.07, 6.45) is 0. The van der Waals surface area contributed by atoms with Crippen LogP contribution < -0.4 is 11.1 Å². The third-order valence-electron chi connectivity index (χ3n) is 2.80. The quantitative estimate of drug-likeness (QED) is 0.711. The zero-order chi connectivity index (χ0) is 13.7. The Labute approximate surface area is 111 Å². The molecule has 0 saturated carbocycles. The van der Waals surface area contributed by atoms with E-state index in [-0.39, 0.29) is 0 Å². The molecular formula is C15H15N2O2. The molecule has 0 saturated heterocycles. The van der Waals surface area contributed by atoms with Gasteiger partial charge in [0, 0.05) is 12.1 Å². The van der Waals surface area contributed by atoms with Crippen LogP contribution in [0.3, 0.4) is 0 Å². The lowest BCUT2D eigenvalue weighted by Crippen LogP contribution is -2.51. The van der Waals surface area contributed by atoms with Crippen molar-refractivity contribution in [2.75, 3.05) is 0 Å². The number of carbonyl (C=O) groups excluding carboxylic acids is 1. The number of benzene rings is 2. The average Bonchev–Trinajstić information content (AvgIpc) is 2.46. The third-order valence-corrected chi connectivity index (χ3v) is 2.80. The lowest BCUT2D eigenvalue weighted by molar-refractivity contribution is -0.140. The van der Waals surface area contributed by atoms with Crippen LogP contribution in [0.4, 0.5) is 0 Å². The van der Waals surface area contributed by atoms with E-state index in [9.17, 15) is 9.90 Å². The van der Waals surface area contributed by atoms with Crippen LogP contribution in [0.15, 0.2) is 54.6 Å². The van der Waals surface area contributed by atoms with Gasteiger partial charge >= 0.3 is 0 Å². The fraction of sp³-hybridized carbons (Fsp3) is 0.133. The van der Waals surface area contributed by atoms with Gasteiger partial charge in [-0.3, -0.25) is 10.5 Å². The highest BCUT2D eigenvalue weighted by Gasteiger charge is 2.32. The lowest BCUT2D eigenvalue weighted by atomic mass is 10.0. The van der Waals surface area contributed by atoms with Crippen molar-refractivity contribution < 1.29 is 9.90 Å².